The van der Waals surface area contributed by atoms with Crippen LogP contribution < -0.4 is 0 Å². The van der Waals surface area contributed by atoms with Crippen molar-refractivity contribution in [2.75, 3.05) is 21.1 Å². The molecule has 0 N–H and O–H groups in total. The van der Waals surface area contributed by atoms with E-state index in [1.807, 2.05) is 38.4 Å². The second-order valence-corrected chi connectivity index (χ2v) is 1.69. The first-order valence-electron chi connectivity index (χ1n) is 1.99. The Balaban J connectivity index is 3.26. The third-order valence-electron chi connectivity index (χ3n) is 0.800. The monoisotopic (exact) mass is 86.1 g/mol. The van der Waals surface area contributed by atoms with Crippen molar-refractivity contribution < 1.29 is 4.59 Å². The summed E-state index contributed by atoms with van der Waals surface area (Å²) < 4.78 is 2.00. The normalized spacial score (nSPS) is 7.83. The van der Waals surface area contributed by atoms with Crippen LogP contribution in [-0.2, 0) is 0 Å². The average molecular weight is 85.9 g/mol. The highest BCUT2D eigenvalue weighted by Gasteiger charge is 1.75. The Morgan fingerprint density at radius 2 is 1.67 bits per heavy atom. The van der Waals surface area contributed by atoms with Gasteiger partial charge in [-0.15, -0.1) is 0 Å². The van der Waals surface area contributed by atoms with Crippen molar-refractivity contribution >= 4 is 7.64 Å². The summed E-state index contributed by atoms with van der Waals surface area (Å²) in [4.78, 5) is 0. The maximum Gasteiger partial charge on any atom is 0.159 e. The molecule has 6 heavy (non-hydrogen) atoms. The van der Waals surface area contributed by atoms with Gasteiger partial charge < -0.3 is 4.59 Å². The van der Waals surface area contributed by atoms with Crippen LogP contribution in [-0.4, -0.2) is 38.4 Å². The summed E-state index contributed by atoms with van der Waals surface area (Å²) in [5.74, 6) is 0. The van der Waals surface area contributed by atoms with E-state index in [2.05, 4.69) is 0 Å². The van der Waals surface area contributed by atoms with Crippen molar-refractivity contribution in [2.24, 2.45) is 0 Å². The Kier molecular flexibility index (Phi) is 1.84. The van der Waals surface area contributed by atoms with Crippen LogP contribution >= 0.6 is 0 Å². The quantitative estimate of drug-likeness (QED) is 0.290. The van der Waals surface area contributed by atoms with E-state index in [0.29, 0.717) is 0 Å². The van der Waals surface area contributed by atoms with Gasteiger partial charge in [-0.3, -0.25) is 5.01 Å². The minimum atomic E-state index is 2.00. The SMILES string of the molecule is [BH2-]=[N+](C)N(C)C. The predicted octanol–water partition coefficient (Wildman–Crippen LogP) is -1.08. The smallest absolute Gasteiger partial charge is 0.159 e. The van der Waals surface area contributed by atoms with Crippen molar-refractivity contribution in [3.05, 3.63) is 0 Å². The molecule has 0 rings (SSSR count). The van der Waals surface area contributed by atoms with Gasteiger partial charge in [-0.2, -0.15) is 0 Å². The van der Waals surface area contributed by atoms with Crippen molar-refractivity contribution in [1.82, 2.24) is 5.01 Å². The summed E-state index contributed by atoms with van der Waals surface area (Å²) in [7, 11) is 8.00. The molecule has 0 aliphatic rings. The fourth-order valence-corrected chi connectivity index (χ4v) is 0. The summed E-state index contributed by atoms with van der Waals surface area (Å²) in [6, 6.07) is 0. The van der Waals surface area contributed by atoms with Crippen molar-refractivity contribution in [1.29, 1.82) is 0 Å². The minimum Gasteiger partial charge on any atom is -0.390 e. The average Bonchev–Trinajstić information content (AvgIpc) is 1.36. The first-order chi connectivity index (χ1) is 2.64. The molecule has 0 spiro atoms. The second kappa shape index (κ2) is 1.95. The van der Waals surface area contributed by atoms with Gasteiger partial charge in [0, 0.05) is 0 Å². The van der Waals surface area contributed by atoms with Crippen LogP contribution in [0.15, 0.2) is 0 Å². The molecule has 0 heterocycles. The predicted molar refractivity (Wildman–Crippen MR) is 28.4 cm³/mol. The Morgan fingerprint density at radius 3 is 1.67 bits per heavy atom. The lowest BCUT2D eigenvalue weighted by Gasteiger charge is -2.12. The Labute approximate surface area is 39.5 Å². The number of hydrogen-bond donors (Lipinski definition) is 0. The van der Waals surface area contributed by atoms with Gasteiger partial charge in [0.05, 0.1) is 14.1 Å². The molecule has 0 aromatic rings. The lowest BCUT2D eigenvalue weighted by molar-refractivity contribution is -0.641. The van der Waals surface area contributed by atoms with E-state index < -0.39 is 0 Å². The van der Waals surface area contributed by atoms with Crippen LogP contribution in [0.25, 0.3) is 0 Å². The van der Waals surface area contributed by atoms with Crippen LogP contribution in [0, 0.1) is 0 Å². The fourth-order valence-electron chi connectivity index (χ4n) is 0. The van der Waals surface area contributed by atoms with Gasteiger partial charge in [0.25, 0.3) is 0 Å². The Morgan fingerprint density at radius 1 is 1.50 bits per heavy atom. The molecule has 0 aliphatic heterocycles. The highest BCUT2D eigenvalue weighted by atomic mass is 15.5. The first kappa shape index (κ1) is 5.66. The number of hydrazine groups is 1. The van der Waals surface area contributed by atoms with Crippen molar-refractivity contribution in [3.63, 3.8) is 0 Å². The van der Waals surface area contributed by atoms with E-state index in [1.54, 1.807) is 0 Å². The molecule has 0 saturated carbocycles. The summed E-state index contributed by atoms with van der Waals surface area (Å²) in [6.07, 6.45) is 0. The Hall–Kier alpha value is -0.335. The van der Waals surface area contributed by atoms with Gasteiger partial charge >= 0.3 is 0 Å². The van der Waals surface area contributed by atoms with Crippen LogP contribution in [0.2, 0.25) is 0 Å². The van der Waals surface area contributed by atoms with Crippen LogP contribution in [0.3, 0.4) is 0 Å². The van der Waals surface area contributed by atoms with Crippen LogP contribution in [0.5, 0.6) is 0 Å². The molecule has 0 aliphatic carbocycles. The van der Waals surface area contributed by atoms with E-state index in [9.17, 15) is 0 Å². The van der Waals surface area contributed by atoms with Gasteiger partial charge in [0.1, 0.15) is 7.05 Å². The lowest BCUT2D eigenvalue weighted by Crippen LogP contribution is -2.21. The molecule has 0 atom stereocenters. The zero-order chi connectivity index (χ0) is 5.15. The van der Waals surface area contributed by atoms with Crippen molar-refractivity contribution in [2.45, 2.75) is 0 Å². The molecule has 3 heteroatoms. The van der Waals surface area contributed by atoms with Crippen molar-refractivity contribution in [3.8, 4) is 0 Å². The van der Waals surface area contributed by atoms with Gasteiger partial charge in [0.15, 0.2) is 7.64 Å². The minimum absolute atomic E-state index is 2.00. The van der Waals surface area contributed by atoms with E-state index in [1.165, 1.54) is 0 Å². The van der Waals surface area contributed by atoms with Crippen LogP contribution in [0.4, 0.5) is 0 Å². The van der Waals surface area contributed by atoms with Gasteiger partial charge in [-0.25, -0.2) is 0 Å². The summed E-state index contributed by atoms with van der Waals surface area (Å²) >= 11 is 0. The highest BCUT2D eigenvalue weighted by Crippen LogP contribution is 1.63. The molecule has 0 radical (unpaired) electrons. The maximum absolute atomic E-state index is 2.00. The zero-order valence-corrected chi connectivity index (χ0v) is 4.89. The standard InChI is InChI=1S/C3H11BN2/c1-5(2)6(3)4/h4H2,1-3H3. The van der Waals surface area contributed by atoms with Gasteiger partial charge in [0.2, 0.25) is 0 Å². The fraction of sp³-hybridized carbons (Fsp3) is 1.00. The largest absolute Gasteiger partial charge is 0.390 e. The molecule has 0 unspecified atom stereocenters. The molecular formula is C3H11BN2. The molecule has 0 bridgehead atoms. The maximum atomic E-state index is 2.00. The van der Waals surface area contributed by atoms with E-state index in [4.69, 9.17) is 0 Å². The third-order valence-corrected chi connectivity index (χ3v) is 0.800. The molecule has 0 fully saturated rings. The Bertz CT molecular complexity index is 59.8. The third kappa shape index (κ3) is 1.94. The molecule has 2 nitrogen and oxygen atoms in total. The zero-order valence-electron chi connectivity index (χ0n) is 4.89. The topological polar surface area (TPSA) is 6.25 Å². The van der Waals surface area contributed by atoms with E-state index in [0.717, 1.165) is 0 Å². The molecule has 0 aromatic heterocycles. The number of rotatable bonds is 1. The lowest BCUT2D eigenvalue weighted by atomic mass is 10.6. The molecular weight excluding hydrogens is 74.9 g/mol. The summed E-state index contributed by atoms with van der Waals surface area (Å²) in [6.45, 7) is 0. The number of hydrogen-bond acceptors (Lipinski definition) is 1. The molecule has 0 saturated heterocycles. The summed E-state index contributed by atoms with van der Waals surface area (Å²) in [5.41, 5.74) is 0. The van der Waals surface area contributed by atoms with E-state index >= 15 is 0 Å². The molecule has 0 aromatic carbocycles. The van der Waals surface area contributed by atoms with Gasteiger partial charge in [-0.1, -0.05) is 0 Å². The van der Waals surface area contributed by atoms with Gasteiger partial charge in [-0.05, 0) is 0 Å². The first-order valence-corrected chi connectivity index (χ1v) is 1.99. The van der Waals surface area contributed by atoms with Crippen LogP contribution in [0.1, 0.15) is 0 Å². The molecule has 36 valence electrons. The highest BCUT2D eigenvalue weighted by molar-refractivity contribution is 5.85. The second-order valence-electron chi connectivity index (χ2n) is 1.69. The summed E-state index contributed by atoms with van der Waals surface area (Å²) in [5, 5.41) is 2.00. The molecule has 0 amide bonds. The van der Waals surface area contributed by atoms with E-state index in [-0.39, 0.29) is 0 Å². The number of nitrogens with zero attached hydrogens (tertiary/aromatic N) is 2.